The largest absolute Gasteiger partial charge is 0.461 e. The van der Waals surface area contributed by atoms with Gasteiger partial charge in [0.05, 0.1) is 0 Å². The van der Waals surface area contributed by atoms with E-state index in [-0.39, 0.29) is 18.6 Å². The van der Waals surface area contributed by atoms with Gasteiger partial charge >= 0.3 is 12.0 Å². The second-order valence-corrected chi connectivity index (χ2v) is 4.17. The smallest absolute Gasteiger partial charge is 0.319 e. The van der Waals surface area contributed by atoms with Gasteiger partial charge in [-0.1, -0.05) is 31.5 Å². The zero-order valence-corrected chi connectivity index (χ0v) is 11.4. The highest BCUT2D eigenvalue weighted by molar-refractivity contribution is 5.90. The maximum Gasteiger partial charge on any atom is 0.319 e. The molecule has 0 saturated carbocycles. The minimum absolute atomic E-state index is 0.154. The first-order valence-electron chi connectivity index (χ1n) is 6.39. The normalized spacial score (nSPS) is 9.79. The Morgan fingerprint density at radius 2 is 2.00 bits per heavy atom. The predicted molar refractivity (Wildman–Crippen MR) is 73.8 cm³/mol. The molecule has 0 bridgehead atoms. The average Bonchev–Trinajstić information content (AvgIpc) is 2.38. The fraction of sp³-hybridized carbons (Fsp3) is 0.429. The molecule has 0 unspecified atom stereocenters. The molecule has 0 aliphatic heterocycles. The van der Waals surface area contributed by atoms with E-state index in [2.05, 4.69) is 17.6 Å². The number of benzene rings is 1. The lowest BCUT2D eigenvalue weighted by Gasteiger charge is -2.11. The molecular formula is C14H20N2O3. The first-order chi connectivity index (χ1) is 9.13. The standard InChI is InChI=1S/C14H20N2O3/c1-3-4-9-15-14(18)16-13-8-6-5-7-12(13)10-19-11(2)17/h5-8H,3-4,9-10H2,1-2H3,(H2,15,16,18). The van der Waals surface area contributed by atoms with E-state index >= 15 is 0 Å². The van der Waals surface area contributed by atoms with Gasteiger partial charge in [0.25, 0.3) is 0 Å². The summed E-state index contributed by atoms with van der Waals surface area (Å²) in [5.74, 6) is -0.345. The Morgan fingerprint density at radius 3 is 2.68 bits per heavy atom. The summed E-state index contributed by atoms with van der Waals surface area (Å²) in [6.07, 6.45) is 1.98. The highest BCUT2D eigenvalue weighted by Crippen LogP contribution is 2.15. The van der Waals surface area contributed by atoms with Crippen LogP contribution in [0.15, 0.2) is 24.3 Å². The van der Waals surface area contributed by atoms with Gasteiger partial charge in [-0.05, 0) is 12.5 Å². The Balaban J connectivity index is 2.56. The third kappa shape index (κ3) is 5.90. The molecule has 1 rings (SSSR count). The molecule has 1 aromatic rings. The van der Waals surface area contributed by atoms with E-state index < -0.39 is 0 Å². The van der Waals surface area contributed by atoms with Crippen molar-refractivity contribution < 1.29 is 14.3 Å². The van der Waals surface area contributed by atoms with Crippen LogP contribution in [0, 0.1) is 0 Å². The van der Waals surface area contributed by atoms with Gasteiger partial charge in [0.2, 0.25) is 0 Å². The first-order valence-corrected chi connectivity index (χ1v) is 6.39. The highest BCUT2D eigenvalue weighted by atomic mass is 16.5. The maximum atomic E-state index is 11.6. The van der Waals surface area contributed by atoms with Crippen LogP contribution in [0.2, 0.25) is 0 Å². The summed E-state index contributed by atoms with van der Waals surface area (Å²) in [7, 11) is 0. The number of amides is 2. The molecule has 0 heterocycles. The van der Waals surface area contributed by atoms with Crippen LogP contribution >= 0.6 is 0 Å². The molecule has 19 heavy (non-hydrogen) atoms. The van der Waals surface area contributed by atoms with Crippen LogP contribution in [0.5, 0.6) is 0 Å². The van der Waals surface area contributed by atoms with E-state index in [1.807, 2.05) is 18.2 Å². The number of esters is 1. The first kappa shape index (κ1) is 15.0. The lowest BCUT2D eigenvalue weighted by atomic mass is 10.2. The molecular weight excluding hydrogens is 244 g/mol. The summed E-state index contributed by atoms with van der Waals surface area (Å²) < 4.78 is 4.94. The van der Waals surface area contributed by atoms with Crippen molar-refractivity contribution in [3.05, 3.63) is 29.8 Å². The van der Waals surface area contributed by atoms with Crippen LogP contribution < -0.4 is 10.6 Å². The van der Waals surface area contributed by atoms with Crippen LogP contribution in [0.1, 0.15) is 32.3 Å². The summed E-state index contributed by atoms with van der Waals surface area (Å²) in [4.78, 5) is 22.5. The predicted octanol–water partition coefficient (Wildman–Crippen LogP) is 2.67. The summed E-state index contributed by atoms with van der Waals surface area (Å²) in [5, 5.41) is 5.52. The van der Waals surface area contributed by atoms with Gasteiger partial charge in [-0.15, -0.1) is 0 Å². The number of carbonyl (C=O) groups excluding carboxylic acids is 2. The molecule has 0 spiro atoms. The molecule has 1 aromatic carbocycles. The third-order valence-electron chi connectivity index (χ3n) is 2.51. The van der Waals surface area contributed by atoms with E-state index in [1.165, 1.54) is 6.92 Å². The van der Waals surface area contributed by atoms with Crippen LogP contribution in [0.3, 0.4) is 0 Å². The maximum absolute atomic E-state index is 11.6. The monoisotopic (exact) mass is 264 g/mol. The Hall–Kier alpha value is -2.04. The van der Waals surface area contributed by atoms with Gasteiger partial charge in [-0.3, -0.25) is 4.79 Å². The number of ether oxygens (including phenoxy) is 1. The molecule has 0 radical (unpaired) electrons. The quantitative estimate of drug-likeness (QED) is 0.613. The molecule has 0 aliphatic rings. The molecule has 2 N–H and O–H groups in total. The number of nitrogens with one attached hydrogen (secondary N) is 2. The number of rotatable bonds is 6. The number of anilines is 1. The Kier molecular flexibility index (Phi) is 6.43. The van der Waals surface area contributed by atoms with Crippen molar-refractivity contribution in [2.75, 3.05) is 11.9 Å². The van der Waals surface area contributed by atoms with Gasteiger partial charge in [0.1, 0.15) is 6.61 Å². The topological polar surface area (TPSA) is 67.4 Å². The number of para-hydroxylation sites is 1. The average molecular weight is 264 g/mol. The van der Waals surface area contributed by atoms with Crippen molar-refractivity contribution in [2.45, 2.75) is 33.3 Å². The van der Waals surface area contributed by atoms with Gasteiger partial charge in [-0.25, -0.2) is 4.79 Å². The van der Waals surface area contributed by atoms with Crippen LogP contribution in [0.25, 0.3) is 0 Å². The van der Waals surface area contributed by atoms with Crippen molar-refractivity contribution in [2.24, 2.45) is 0 Å². The van der Waals surface area contributed by atoms with Crippen molar-refractivity contribution in [3.63, 3.8) is 0 Å². The van der Waals surface area contributed by atoms with Gasteiger partial charge in [-0.2, -0.15) is 0 Å². The summed E-state index contributed by atoms with van der Waals surface area (Å²) >= 11 is 0. The number of urea groups is 1. The van der Waals surface area contributed by atoms with Gasteiger partial charge in [0.15, 0.2) is 0 Å². The SMILES string of the molecule is CCCCNC(=O)Nc1ccccc1COC(C)=O. The molecule has 0 saturated heterocycles. The van der Waals surface area contributed by atoms with Gasteiger partial charge < -0.3 is 15.4 Å². The second-order valence-electron chi connectivity index (χ2n) is 4.17. The number of carbonyl (C=O) groups is 2. The summed E-state index contributed by atoms with van der Waals surface area (Å²) in [6, 6.07) is 6.99. The van der Waals surface area contributed by atoms with E-state index in [1.54, 1.807) is 6.07 Å². The Morgan fingerprint density at radius 1 is 1.26 bits per heavy atom. The Labute approximate surface area is 113 Å². The molecule has 0 atom stereocenters. The van der Waals surface area contributed by atoms with Crippen molar-refractivity contribution in [1.29, 1.82) is 0 Å². The minimum atomic E-state index is -0.345. The van der Waals surface area contributed by atoms with Crippen LogP contribution in [-0.2, 0) is 16.1 Å². The molecule has 0 fully saturated rings. The van der Waals surface area contributed by atoms with Crippen molar-refractivity contribution in [3.8, 4) is 0 Å². The summed E-state index contributed by atoms with van der Waals surface area (Å²) in [5.41, 5.74) is 1.42. The van der Waals surface area contributed by atoms with Crippen molar-refractivity contribution in [1.82, 2.24) is 5.32 Å². The number of hydrogen-bond donors (Lipinski definition) is 2. The van der Waals surface area contributed by atoms with Crippen molar-refractivity contribution >= 4 is 17.7 Å². The third-order valence-corrected chi connectivity index (χ3v) is 2.51. The fourth-order valence-corrected chi connectivity index (χ4v) is 1.49. The highest BCUT2D eigenvalue weighted by Gasteiger charge is 2.06. The zero-order valence-electron chi connectivity index (χ0n) is 11.4. The van der Waals surface area contributed by atoms with E-state index in [0.29, 0.717) is 12.2 Å². The zero-order chi connectivity index (χ0) is 14.1. The number of unbranched alkanes of at least 4 members (excludes halogenated alkanes) is 1. The lowest BCUT2D eigenvalue weighted by Crippen LogP contribution is -2.29. The van der Waals surface area contributed by atoms with Crippen LogP contribution in [0.4, 0.5) is 10.5 Å². The van der Waals surface area contributed by atoms with E-state index in [4.69, 9.17) is 4.74 Å². The number of hydrogen-bond acceptors (Lipinski definition) is 3. The van der Waals surface area contributed by atoms with E-state index in [9.17, 15) is 9.59 Å². The second kappa shape index (κ2) is 8.13. The molecule has 0 aromatic heterocycles. The van der Waals surface area contributed by atoms with Gasteiger partial charge in [0, 0.05) is 24.7 Å². The molecule has 0 aliphatic carbocycles. The lowest BCUT2D eigenvalue weighted by molar-refractivity contribution is -0.142. The molecule has 5 heteroatoms. The summed E-state index contributed by atoms with van der Waals surface area (Å²) in [6.45, 7) is 4.22. The Bertz CT molecular complexity index is 432. The molecule has 5 nitrogen and oxygen atoms in total. The molecule has 104 valence electrons. The molecule has 2 amide bonds. The van der Waals surface area contributed by atoms with Crippen LogP contribution in [-0.4, -0.2) is 18.5 Å². The fourth-order valence-electron chi connectivity index (χ4n) is 1.49. The van der Waals surface area contributed by atoms with E-state index in [0.717, 1.165) is 18.4 Å². The minimum Gasteiger partial charge on any atom is -0.461 e.